The van der Waals surface area contributed by atoms with Crippen LogP contribution in [0.1, 0.15) is 18.0 Å². The maximum atomic E-state index is 5.81. The molecule has 1 N–H and O–H groups in total. The summed E-state index contributed by atoms with van der Waals surface area (Å²) in [6.45, 7) is 0.758. The minimum Gasteiger partial charge on any atom is -0.457 e. The van der Waals surface area contributed by atoms with E-state index in [-0.39, 0.29) is 6.04 Å². The minimum absolute atomic E-state index is 0.268. The van der Waals surface area contributed by atoms with Gasteiger partial charge in [0.2, 0.25) is 0 Å². The van der Waals surface area contributed by atoms with E-state index in [1.54, 1.807) is 0 Å². The Bertz CT molecular complexity index is 507. The molecule has 0 amide bonds. The lowest BCUT2D eigenvalue weighted by atomic mass is 10.1. The van der Waals surface area contributed by atoms with Crippen LogP contribution >= 0.6 is 0 Å². The Morgan fingerprint density at radius 2 is 1.83 bits per heavy atom. The SMILES string of the molecule is c1ccc(Oc2cccc([C@H]3CCON3)c2)cc1. The third kappa shape index (κ3) is 2.53. The van der Waals surface area contributed by atoms with Crippen LogP contribution in [0.25, 0.3) is 0 Å². The van der Waals surface area contributed by atoms with Crippen LogP contribution in [-0.2, 0) is 4.84 Å². The van der Waals surface area contributed by atoms with E-state index in [9.17, 15) is 0 Å². The molecule has 0 spiro atoms. The first-order valence-electron chi connectivity index (χ1n) is 6.12. The highest BCUT2D eigenvalue weighted by atomic mass is 16.7. The largest absolute Gasteiger partial charge is 0.457 e. The molecule has 1 atom stereocenters. The van der Waals surface area contributed by atoms with Gasteiger partial charge in [0.1, 0.15) is 11.5 Å². The van der Waals surface area contributed by atoms with Gasteiger partial charge in [-0.2, -0.15) is 5.48 Å². The lowest BCUT2D eigenvalue weighted by Gasteiger charge is -2.11. The predicted molar refractivity (Wildman–Crippen MR) is 69.4 cm³/mol. The fourth-order valence-electron chi connectivity index (χ4n) is 2.05. The van der Waals surface area contributed by atoms with E-state index in [0.717, 1.165) is 24.5 Å². The maximum Gasteiger partial charge on any atom is 0.127 e. The number of hydroxylamine groups is 1. The summed E-state index contributed by atoms with van der Waals surface area (Å²) in [5, 5.41) is 0. The van der Waals surface area contributed by atoms with Gasteiger partial charge < -0.3 is 9.57 Å². The Kier molecular flexibility index (Phi) is 3.26. The second-order valence-corrected chi connectivity index (χ2v) is 4.30. The number of para-hydroxylation sites is 1. The van der Waals surface area contributed by atoms with E-state index in [1.807, 2.05) is 42.5 Å². The first kappa shape index (κ1) is 11.3. The number of hydrogen-bond donors (Lipinski definition) is 1. The number of hydrogen-bond acceptors (Lipinski definition) is 3. The minimum atomic E-state index is 0.268. The van der Waals surface area contributed by atoms with Gasteiger partial charge in [0.25, 0.3) is 0 Å². The Labute approximate surface area is 106 Å². The molecule has 0 bridgehead atoms. The van der Waals surface area contributed by atoms with Crippen LogP contribution in [0.3, 0.4) is 0 Å². The summed E-state index contributed by atoms with van der Waals surface area (Å²) in [5.74, 6) is 1.71. The normalized spacial score (nSPS) is 18.8. The van der Waals surface area contributed by atoms with Crippen molar-refractivity contribution in [1.82, 2.24) is 5.48 Å². The lowest BCUT2D eigenvalue weighted by Crippen LogP contribution is -2.11. The second-order valence-electron chi connectivity index (χ2n) is 4.30. The summed E-state index contributed by atoms with van der Waals surface area (Å²) in [7, 11) is 0. The Morgan fingerprint density at radius 3 is 2.61 bits per heavy atom. The van der Waals surface area contributed by atoms with Gasteiger partial charge in [-0.1, -0.05) is 30.3 Å². The highest BCUT2D eigenvalue weighted by Crippen LogP contribution is 2.27. The van der Waals surface area contributed by atoms with Crippen LogP contribution in [-0.4, -0.2) is 6.61 Å². The second kappa shape index (κ2) is 5.21. The van der Waals surface area contributed by atoms with Crippen molar-refractivity contribution < 1.29 is 9.57 Å². The van der Waals surface area contributed by atoms with Crippen molar-refractivity contribution in [3.63, 3.8) is 0 Å². The molecule has 0 aliphatic carbocycles. The summed E-state index contributed by atoms with van der Waals surface area (Å²) in [6, 6.07) is 18.2. The van der Waals surface area contributed by atoms with Crippen LogP contribution in [0.4, 0.5) is 0 Å². The van der Waals surface area contributed by atoms with Crippen molar-refractivity contribution in [3.05, 3.63) is 60.2 Å². The van der Waals surface area contributed by atoms with E-state index in [0.29, 0.717) is 0 Å². The van der Waals surface area contributed by atoms with Gasteiger partial charge in [-0.15, -0.1) is 0 Å². The van der Waals surface area contributed by atoms with Crippen LogP contribution in [0.15, 0.2) is 54.6 Å². The molecule has 18 heavy (non-hydrogen) atoms. The zero-order valence-electron chi connectivity index (χ0n) is 10.0. The quantitative estimate of drug-likeness (QED) is 0.892. The van der Waals surface area contributed by atoms with Crippen LogP contribution < -0.4 is 10.2 Å². The molecule has 1 aliphatic rings. The fraction of sp³-hybridized carbons (Fsp3) is 0.200. The van der Waals surface area contributed by atoms with Gasteiger partial charge in [0.05, 0.1) is 12.6 Å². The van der Waals surface area contributed by atoms with Gasteiger partial charge in [0, 0.05) is 0 Å². The molecule has 3 rings (SSSR count). The van der Waals surface area contributed by atoms with E-state index < -0.39 is 0 Å². The lowest BCUT2D eigenvalue weighted by molar-refractivity contribution is 0.0882. The summed E-state index contributed by atoms with van der Waals surface area (Å²) < 4.78 is 5.81. The van der Waals surface area contributed by atoms with Crippen LogP contribution in [0, 0.1) is 0 Å². The molecule has 1 aliphatic heterocycles. The number of benzene rings is 2. The smallest absolute Gasteiger partial charge is 0.127 e. The molecule has 1 fully saturated rings. The van der Waals surface area contributed by atoms with Gasteiger partial charge >= 0.3 is 0 Å². The van der Waals surface area contributed by atoms with Crippen LogP contribution in [0.2, 0.25) is 0 Å². The van der Waals surface area contributed by atoms with E-state index in [2.05, 4.69) is 17.6 Å². The van der Waals surface area contributed by atoms with Crippen LogP contribution in [0.5, 0.6) is 11.5 Å². The van der Waals surface area contributed by atoms with Gasteiger partial charge in [-0.3, -0.25) is 0 Å². The third-order valence-corrected chi connectivity index (χ3v) is 2.97. The molecule has 0 unspecified atom stereocenters. The Balaban J connectivity index is 1.78. The Morgan fingerprint density at radius 1 is 1.00 bits per heavy atom. The molecule has 2 aromatic carbocycles. The standard InChI is InChI=1S/C15H15NO2/c1-2-6-13(7-3-1)18-14-8-4-5-12(11-14)15-9-10-17-16-15/h1-8,11,15-16H,9-10H2/t15-/m1/s1. The van der Waals surface area contributed by atoms with E-state index >= 15 is 0 Å². The highest BCUT2D eigenvalue weighted by molar-refractivity contribution is 5.35. The molecule has 1 heterocycles. The van der Waals surface area contributed by atoms with Crippen molar-refractivity contribution >= 4 is 0 Å². The maximum absolute atomic E-state index is 5.81. The average molecular weight is 241 g/mol. The van der Waals surface area contributed by atoms with Gasteiger partial charge in [0.15, 0.2) is 0 Å². The number of ether oxygens (including phenoxy) is 1. The van der Waals surface area contributed by atoms with Crippen molar-refractivity contribution in [2.45, 2.75) is 12.5 Å². The van der Waals surface area contributed by atoms with Gasteiger partial charge in [-0.25, -0.2) is 0 Å². The van der Waals surface area contributed by atoms with E-state index in [4.69, 9.17) is 9.57 Å². The van der Waals surface area contributed by atoms with Crippen molar-refractivity contribution in [2.75, 3.05) is 6.61 Å². The van der Waals surface area contributed by atoms with E-state index in [1.165, 1.54) is 5.56 Å². The van der Waals surface area contributed by atoms with Crippen molar-refractivity contribution in [3.8, 4) is 11.5 Å². The summed E-state index contributed by atoms with van der Waals surface area (Å²) in [5.41, 5.74) is 4.20. The molecular formula is C15H15NO2. The zero-order chi connectivity index (χ0) is 12.2. The monoisotopic (exact) mass is 241 g/mol. The molecular weight excluding hydrogens is 226 g/mol. The molecule has 0 radical (unpaired) electrons. The average Bonchev–Trinajstić information content (AvgIpc) is 2.94. The highest BCUT2D eigenvalue weighted by Gasteiger charge is 2.17. The number of rotatable bonds is 3. The van der Waals surface area contributed by atoms with Crippen molar-refractivity contribution in [1.29, 1.82) is 0 Å². The fourth-order valence-corrected chi connectivity index (χ4v) is 2.05. The topological polar surface area (TPSA) is 30.5 Å². The third-order valence-electron chi connectivity index (χ3n) is 2.97. The molecule has 2 aromatic rings. The molecule has 0 saturated carbocycles. The molecule has 1 saturated heterocycles. The zero-order valence-corrected chi connectivity index (χ0v) is 10.0. The summed E-state index contributed by atoms with van der Waals surface area (Å²) in [4.78, 5) is 5.18. The predicted octanol–water partition coefficient (Wildman–Crippen LogP) is 3.44. The van der Waals surface area contributed by atoms with Gasteiger partial charge in [-0.05, 0) is 36.2 Å². The Hall–Kier alpha value is -1.84. The molecule has 0 aromatic heterocycles. The molecule has 3 nitrogen and oxygen atoms in total. The molecule has 3 heteroatoms. The summed E-state index contributed by atoms with van der Waals surface area (Å²) in [6.07, 6.45) is 0.995. The molecule has 92 valence electrons. The number of nitrogens with one attached hydrogen (secondary N) is 1. The first-order chi connectivity index (χ1) is 8.92. The summed E-state index contributed by atoms with van der Waals surface area (Å²) >= 11 is 0. The first-order valence-corrected chi connectivity index (χ1v) is 6.12. The van der Waals surface area contributed by atoms with Crippen molar-refractivity contribution in [2.24, 2.45) is 0 Å².